The third kappa shape index (κ3) is 6.51. The molecule has 0 aromatic carbocycles. The van der Waals surface area contributed by atoms with Crippen LogP contribution in [0, 0.1) is 0 Å². The number of hydrogen-bond donors (Lipinski definition) is 1. The molecule has 0 saturated heterocycles. The van der Waals surface area contributed by atoms with Gasteiger partial charge in [0.1, 0.15) is 5.82 Å². The normalized spacial score (nSPS) is 14.4. The molecule has 0 bridgehead atoms. The minimum Gasteiger partial charge on any atom is -0.405 e. The Hall–Kier alpha value is -0.960. The molecule has 24 heavy (non-hydrogen) atoms. The number of rotatable bonds is 9. The molecule has 0 saturated carbocycles. The van der Waals surface area contributed by atoms with Crippen molar-refractivity contribution in [2.24, 2.45) is 0 Å². The Kier molecular flexibility index (Phi) is 7.85. The average Bonchev–Trinajstić information content (AvgIpc) is 2.45. The van der Waals surface area contributed by atoms with Gasteiger partial charge in [-0.1, -0.05) is 13.8 Å². The van der Waals surface area contributed by atoms with Crippen LogP contribution >= 0.6 is 6.72 Å². The van der Waals surface area contributed by atoms with Crippen LogP contribution in [-0.4, -0.2) is 29.4 Å². The standard InChI is InChI=1S/C13H20F3N2O4PS/c1-4-7-10-17-11(19)9(5-2)12(18-10)22-23(24,20-6-3)21-8-13(14,15)16/h4-8H2,1-3H3,(H,17,18,19). The maximum atomic E-state index is 12.4. The molecule has 1 aromatic heterocycles. The lowest BCUT2D eigenvalue weighted by Gasteiger charge is -2.22. The van der Waals surface area contributed by atoms with Crippen molar-refractivity contribution in [3.8, 4) is 5.88 Å². The van der Waals surface area contributed by atoms with Crippen molar-refractivity contribution in [2.45, 2.75) is 46.2 Å². The minimum atomic E-state index is -4.58. The zero-order chi connectivity index (χ0) is 18.4. The van der Waals surface area contributed by atoms with Crippen LogP contribution in [0.4, 0.5) is 13.2 Å². The summed E-state index contributed by atoms with van der Waals surface area (Å²) in [4.78, 5) is 18.8. The van der Waals surface area contributed by atoms with Gasteiger partial charge in [-0.25, -0.2) is 0 Å². The molecule has 0 aliphatic heterocycles. The number of hydrogen-bond acceptors (Lipinski definition) is 6. The predicted molar refractivity (Wildman–Crippen MR) is 86.8 cm³/mol. The number of H-pyrrole nitrogens is 1. The lowest BCUT2D eigenvalue weighted by molar-refractivity contribution is -0.155. The summed E-state index contributed by atoms with van der Waals surface area (Å²) in [6.07, 6.45) is -3.10. The largest absolute Gasteiger partial charge is 0.412 e. The Balaban J connectivity index is 3.16. The summed E-state index contributed by atoms with van der Waals surface area (Å²) in [5.41, 5.74) is -0.237. The summed E-state index contributed by atoms with van der Waals surface area (Å²) in [7, 11) is 0. The van der Waals surface area contributed by atoms with E-state index in [4.69, 9.17) is 20.9 Å². The van der Waals surface area contributed by atoms with Crippen LogP contribution in [0.15, 0.2) is 4.79 Å². The van der Waals surface area contributed by atoms with E-state index in [1.165, 1.54) is 0 Å². The fraction of sp³-hybridized carbons (Fsp3) is 0.692. The van der Waals surface area contributed by atoms with Gasteiger partial charge in [-0.2, -0.15) is 18.2 Å². The summed E-state index contributed by atoms with van der Waals surface area (Å²) >= 11 is 5.00. The van der Waals surface area contributed by atoms with E-state index in [9.17, 15) is 18.0 Å². The molecule has 6 nitrogen and oxygen atoms in total. The van der Waals surface area contributed by atoms with Crippen LogP contribution < -0.4 is 10.1 Å². The van der Waals surface area contributed by atoms with Gasteiger partial charge in [-0.3, -0.25) is 13.8 Å². The maximum absolute atomic E-state index is 12.4. The van der Waals surface area contributed by atoms with E-state index in [1.54, 1.807) is 13.8 Å². The third-order valence-electron chi connectivity index (χ3n) is 2.74. The molecular weight excluding hydrogens is 368 g/mol. The Morgan fingerprint density at radius 3 is 2.42 bits per heavy atom. The molecule has 1 rings (SSSR count). The van der Waals surface area contributed by atoms with E-state index in [0.29, 0.717) is 12.2 Å². The van der Waals surface area contributed by atoms with Crippen molar-refractivity contribution in [3.63, 3.8) is 0 Å². The van der Waals surface area contributed by atoms with Gasteiger partial charge in [0.15, 0.2) is 6.61 Å². The molecule has 0 amide bonds. The maximum Gasteiger partial charge on any atom is 0.412 e. The molecule has 0 fully saturated rings. The van der Waals surface area contributed by atoms with Crippen LogP contribution in [0.5, 0.6) is 5.88 Å². The number of halogens is 3. The molecule has 1 aromatic rings. The summed E-state index contributed by atoms with van der Waals surface area (Å²) in [5.74, 6) is 0.229. The van der Waals surface area contributed by atoms with Gasteiger partial charge < -0.3 is 9.51 Å². The Bertz CT molecular complexity index is 651. The van der Waals surface area contributed by atoms with Crippen molar-refractivity contribution in [2.75, 3.05) is 13.2 Å². The molecule has 138 valence electrons. The van der Waals surface area contributed by atoms with Crippen LogP contribution in [0.3, 0.4) is 0 Å². The van der Waals surface area contributed by atoms with Crippen molar-refractivity contribution in [3.05, 3.63) is 21.7 Å². The molecule has 1 heterocycles. The number of aromatic amines is 1. The number of nitrogens with one attached hydrogen (secondary N) is 1. The van der Waals surface area contributed by atoms with E-state index in [-0.39, 0.29) is 24.5 Å². The highest BCUT2D eigenvalue weighted by Gasteiger charge is 2.34. The Morgan fingerprint density at radius 1 is 1.25 bits per heavy atom. The summed E-state index contributed by atoms with van der Waals surface area (Å²) in [6, 6.07) is 0. The molecule has 0 aliphatic rings. The predicted octanol–water partition coefficient (Wildman–Crippen LogP) is 3.50. The first-order valence-electron chi connectivity index (χ1n) is 7.41. The highest BCUT2D eigenvalue weighted by atomic mass is 32.5. The van der Waals surface area contributed by atoms with Gasteiger partial charge in [0.05, 0.1) is 12.2 Å². The third-order valence-corrected chi connectivity index (χ3v) is 5.01. The minimum absolute atomic E-state index is 0.00159. The smallest absolute Gasteiger partial charge is 0.405 e. The Labute approximate surface area is 143 Å². The number of nitrogens with zero attached hydrogens (tertiary/aromatic N) is 1. The monoisotopic (exact) mass is 388 g/mol. The molecule has 0 spiro atoms. The SMILES string of the molecule is CCCc1nc(OP(=S)(OCC)OCC(F)(F)F)c(CC)c(=O)[nH]1. The van der Waals surface area contributed by atoms with Gasteiger partial charge in [-0.15, -0.1) is 0 Å². The van der Waals surface area contributed by atoms with Crippen LogP contribution in [0.1, 0.15) is 38.6 Å². The fourth-order valence-corrected chi connectivity index (χ4v) is 3.62. The number of aromatic nitrogens is 2. The second-order valence-electron chi connectivity index (χ2n) is 4.74. The fourth-order valence-electron chi connectivity index (χ4n) is 1.77. The topological polar surface area (TPSA) is 73.4 Å². The molecule has 1 unspecified atom stereocenters. The first-order valence-corrected chi connectivity index (χ1v) is 9.97. The van der Waals surface area contributed by atoms with E-state index in [0.717, 1.165) is 6.42 Å². The van der Waals surface area contributed by atoms with Gasteiger partial charge in [0.2, 0.25) is 5.88 Å². The lowest BCUT2D eigenvalue weighted by Crippen LogP contribution is -2.21. The number of alkyl halides is 3. The van der Waals surface area contributed by atoms with E-state index >= 15 is 0 Å². The highest BCUT2D eigenvalue weighted by molar-refractivity contribution is 8.07. The molecular formula is C13H20F3N2O4PS. The Morgan fingerprint density at radius 2 is 1.92 bits per heavy atom. The quantitative estimate of drug-likeness (QED) is 0.653. The first kappa shape index (κ1) is 21.1. The van der Waals surface area contributed by atoms with Crippen LogP contribution in [0.25, 0.3) is 0 Å². The highest BCUT2D eigenvalue weighted by Crippen LogP contribution is 2.50. The summed E-state index contributed by atoms with van der Waals surface area (Å²) < 4.78 is 52.4. The van der Waals surface area contributed by atoms with Gasteiger partial charge in [-0.05, 0) is 19.8 Å². The van der Waals surface area contributed by atoms with Crippen LogP contribution in [-0.2, 0) is 33.7 Å². The van der Waals surface area contributed by atoms with E-state index < -0.39 is 25.1 Å². The van der Waals surface area contributed by atoms with Crippen molar-refractivity contribution < 1.29 is 26.7 Å². The second-order valence-corrected chi connectivity index (χ2v) is 7.68. The van der Waals surface area contributed by atoms with E-state index in [1.807, 2.05) is 6.92 Å². The van der Waals surface area contributed by atoms with Crippen LogP contribution in [0.2, 0.25) is 0 Å². The molecule has 0 aliphatic carbocycles. The first-order chi connectivity index (χ1) is 11.1. The molecule has 1 N–H and O–H groups in total. The van der Waals surface area contributed by atoms with Gasteiger partial charge >= 0.3 is 12.9 Å². The molecule has 0 radical (unpaired) electrons. The summed E-state index contributed by atoms with van der Waals surface area (Å²) in [6.45, 7) is -0.198. The molecule has 11 heteroatoms. The number of aryl methyl sites for hydroxylation is 1. The van der Waals surface area contributed by atoms with Crippen molar-refractivity contribution in [1.82, 2.24) is 9.97 Å². The zero-order valence-corrected chi connectivity index (χ0v) is 15.3. The molecule has 1 atom stereocenters. The van der Waals surface area contributed by atoms with E-state index in [2.05, 4.69) is 14.5 Å². The zero-order valence-electron chi connectivity index (χ0n) is 13.6. The van der Waals surface area contributed by atoms with Crippen molar-refractivity contribution in [1.29, 1.82) is 0 Å². The second kappa shape index (κ2) is 8.94. The van der Waals surface area contributed by atoms with Crippen molar-refractivity contribution >= 4 is 18.5 Å². The van der Waals surface area contributed by atoms with Gasteiger partial charge in [0, 0.05) is 18.2 Å². The van der Waals surface area contributed by atoms with Gasteiger partial charge in [0.25, 0.3) is 5.56 Å². The lowest BCUT2D eigenvalue weighted by atomic mass is 10.2. The summed E-state index contributed by atoms with van der Waals surface area (Å²) in [5, 5.41) is 0. The average molecular weight is 388 g/mol.